The first-order valence-electron chi connectivity index (χ1n) is 4.70. The first-order valence-corrected chi connectivity index (χ1v) is 5.08. The maximum atomic E-state index is 9.93. The second kappa shape index (κ2) is 3.46. The number of aromatic nitrogens is 1. The summed E-state index contributed by atoms with van der Waals surface area (Å²) in [6.07, 6.45) is 0. The van der Waals surface area contributed by atoms with E-state index < -0.39 is 0 Å². The van der Waals surface area contributed by atoms with Crippen molar-refractivity contribution in [1.82, 2.24) is 5.16 Å². The molecular formula is C10H7ClN2O4. The molecule has 0 unspecified atom stereocenters. The monoisotopic (exact) mass is 254 g/mol. The van der Waals surface area contributed by atoms with E-state index in [9.17, 15) is 5.11 Å². The molecule has 3 rings (SSSR count). The van der Waals surface area contributed by atoms with Gasteiger partial charge in [0.25, 0.3) is 0 Å². The number of phenols is 1. The van der Waals surface area contributed by atoms with Crippen LogP contribution in [0.3, 0.4) is 0 Å². The maximum Gasteiger partial charge on any atom is 0.231 e. The molecule has 0 saturated carbocycles. The summed E-state index contributed by atoms with van der Waals surface area (Å²) in [6.45, 7) is 0.0612. The lowest BCUT2D eigenvalue weighted by Crippen LogP contribution is -1.93. The molecule has 6 nitrogen and oxygen atoms in total. The number of phenolic OH excluding ortho intramolecular Hbond substituents is 1. The van der Waals surface area contributed by atoms with Gasteiger partial charge in [-0.05, 0) is 0 Å². The van der Waals surface area contributed by atoms with Crippen molar-refractivity contribution in [3.8, 4) is 28.6 Å². The van der Waals surface area contributed by atoms with Gasteiger partial charge >= 0.3 is 0 Å². The Morgan fingerprint density at radius 3 is 2.88 bits per heavy atom. The first-order chi connectivity index (χ1) is 8.16. The molecule has 2 heterocycles. The Hall–Kier alpha value is -2.08. The molecule has 88 valence electrons. The number of nitrogen functional groups attached to an aromatic ring is 1. The lowest BCUT2D eigenvalue weighted by molar-refractivity contribution is 0.174. The van der Waals surface area contributed by atoms with Gasteiger partial charge in [0.05, 0.1) is 5.02 Å². The molecule has 0 amide bonds. The van der Waals surface area contributed by atoms with Gasteiger partial charge < -0.3 is 24.8 Å². The SMILES string of the molecule is Nc1cc(-c2c(O)c(Cl)cc3c2OCO3)on1. The Labute approximate surface area is 100 Å². The zero-order valence-electron chi connectivity index (χ0n) is 8.44. The largest absolute Gasteiger partial charge is 0.505 e. The van der Waals surface area contributed by atoms with Crippen LogP contribution in [0.25, 0.3) is 11.3 Å². The molecule has 3 N–H and O–H groups in total. The number of hydrogen-bond acceptors (Lipinski definition) is 6. The van der Waals surface area contributed by atoms with Crippen molar-refractivity contribution in [2.75, 3.05) is 12.5 Å². The van der Waals surface area contributed by atoms with E-state index in [1.165, 1.54) is 12.1 Å². The highest BCUT2D eigenvalue weighted by molar-refractivity contribution is 6.32. The third kappa shape index (κ3) is 1.45. The number of halogens is 1. The minimum Gasteiger partial charge on any atom is -0.505 e. The molecule has 1 aromatic heterocycles. The molecule has 1 aliphatic heterocycles. The summed E-state index contributed by atoms with van der Waals surface area (Å²) in [4.78, 5) is 0. The van der Waals surface area contributed by atoms with Crippen LogP contribution in [-0.2, 0) is 0 Å². The zero-order chi connectivity index (χ0) is 12.0. The summed E-state index contributed by atoms with van der Waals surface area (Å²) in [6, 6.07) is 2.94. The molecule has 2 aromatic rings. The normalized spacial score (nSPS) is 13.0. The number of nitrogens with zero attached hydrogens (tertiary/aromatic N) is 1. The average Bonchev–Trinajstić information content (AvgIpc) is 2.89. The lowest BCUT2D eigenvalue weighted by atomic mass is 10.1. The highest BCUT2D eigenvalue weighted by Gasteiger charge is 2.27. The van der Waals surface area contributed by atoms with Crippen molar-refractivity contribution >= 4 is 17.4 Å². The van der Waals surface area contributed by atoms with E-state index in [2.05, 4.69) is 5.16 Å². The Balaban J connectivity index is 2.28. The second-order valence-corrected chi connectivity index (χ2v) is 3.84. The summed E-state index contributed by atoms with van der Waals surface area (Å²) < 4.78 is 15.4. The third-order valence-corrected chi connectivity index (χ3v) is 2.65. The molecule has 17 heavy (non-hydrogen) atoms. The van der Waals surface area contributed by atoms with Crippen molar-refractivity contribution in [3.63, 3.8) is 0 Å². The van der Waals surface area contributed by atoms with Crippen LogP contribution in [0.2, 0.25) is 5.02 Å². The number of hydrogen-bond donors (Lipinski definition) is 2. The summed E-state index contributed by atoms with van der Waals surface area (Å²) in [5.41, 5.74) is 5.74. The number of benzene rings is 1. The van der Waals surface area contributed by atoms with Gasteiger partial charge in [-0.1, -0.05) is 16.8 Å². The van der Waals surface area contributed by atoms with Gasteiger partial charge in [-0.3, -0.25) is 0 Å². The summed E-state index contributed by atoms with van der Waals surface area (Å²) >= 11 is 5.88. The molecule has 0 fully saturated rings. The molecule has 1 aromatic carbocycles. The van der Waals surface area contributed by atoms with Crippen LogP contribution in [0.4, 0.5) is 5.82 Å². The summed E-state index contributed by atoms with van der Waals surface area (Å²) in [7, 11) is 0. The van der Waals surface area contributed by atoms with Crippen molar-refractivity contribution < 1.29 is 19.1 Å². The molecule has 0 aliphatic carbocycles. The highest BCUT2D eigenvalue weighted by Crippen LogP contribution is 2.50. The van der Waals surface area contributed by atoms with Gasteiger partial charge in [-0.15, -0.1) is 0 Å². The van der Waals surface area contributed by atoms with Gasteiger partial charge in [-0.25, -0.2) is 0 Å². The van der Waals surface area contributed by atoms with E-state index in [0.717, 1.165) is 0 Å². The minimum atomic E-state index is -0.160. The van der Waals surface area contributed by atoms with Crippen LogP contribution in [0, 0.1) is 0 Å². The van der Waals surface area contributed by atoms with E-state index in [4.69, 9.17) is 31.3 Å². The van der Waals surface area contributed by atoms with E-state index >= 15 is 0 Å². The average molecular weight is 255 g/mol. The van der Waals surface area contributed by atoms with Gasteiger partial charge in [0.15, 0.2) is 23.1 Å². The van der Waals surface area contributed by atoms with Gasteiger partial charge in [0.2, 0.25) is 6.79 Å². The van der Waals surface area contributed by atoms with Crippen molar-refractivity contribution in [2.45, 2.75) is 0 Å². The third-order valence-electron chi connectivity index (χ3n) is 2.36. The molecule has 0 atom stereocenters. The van der Waals surface area contributed by atoms with Gasteiger partial charge in [0.1, 0.15) is 11.3 Å². The van der Waals surface area contributed by atoms with Crippen molar-refractivity contribution in [2.24, 2.45) is 0 Å². The van der Waals surface area contributed by atoms with Crippen LogP contribution >= 0.6 is 11.6 Å². The van der Waals surface area contributed by atoms with Gasteiger partial charge in [-0.2, -0.15) is 0 Å². The molecule has 0 saturated heterocycles. The van der Waals surface area contributed by atoms with E-state index in [1.54, 1.807) is 0 Å². The van der Waals surface area contributed by atoms with Crippen LogP contribution in [0.1, 0.15) is 0 Å². The standard InChI is InChI=1S/C10H7ClN2O4/c11-4-1-6-10(16-3-15-6)8(9(4)14)5-2-7(12)13-17-5/h1-2,14H,3H2,(H2,12,13). The summed E-state index contributed by atoms with van der Waals surface area (Å²) in [5, 5.41) is 13.6. The fourth-order valence-electron chi connectivity index (χ4n) is 1.64. The van der Waals surface area contributed by atoms with Crippen molar-refractivity contribution in [3.05, 3.63) is 17.2 Å². The quantitative estimate of drug-likeness (QED) is 0.809. The molecule has 0 bridgehead atoms. The predicted octanol–water partition coefficient (Wildman–Crippen LogP) is 2.01. The van der Waals surface area contributed by atoms with E-state index in [1.807, 2.05) is 0 Å². The minimum absolute atomic E-state index is 0.0612. The number of anilines is 1. The topological polar surface area (TPSA) is 90.7 Å². The number of ether oxygens (including phenoxy) is 2. The Morgan fingerprint density at radius 1 is 1.35 bits per heavy atom. The highest BCUT2D eigenvalue weighted by atomic mass is 35.5. The van der Waals surface area contributed by atoms with Crippen LogP contribution in [-0.4, -0.2) is 17.1 Å². The van der Waals surface area contributed by atoms with E-state index in [0.29, 0.717) is 11.5 Å². The van der Waals surface area contributed by atoms with Crippen LogP contribution < -0.4 is 15.2 Å². The van der Waals surface area contributed by atoms with Crippen LogP contribution in [0.15, 0.2) is 16.7 Å². The van der Waals surface area contributed by atoms with Crippen LogP contribution in [0.5, 0.6) is 17.2 Å². The molecular weight excluding hydrogens is 248 g/mol. The summed E-state index contributed by atoms with van der Waals surface area (Å²) in [5.74, 6) is 1.11. The Morgan fingerprint density at radius 2 is 2.18 bits per heavy atom. The molecule has 1 aliphatic rings. The molecule has 0 spiro atoms. The number of rotatable bonds is 1. The van der Waals surface area contributed by atoms with Gasteiger partial charge in [0, 0.05) is 12.1 Å². The molecule has 7 heteroatoms. The molecule has 0 radical (unpaired) electrons. The Kier molecular flexibility index (Phi) is 2.05. The lowest BCUT2D eigenvalue weighted by Gasteiger charge is -2.06. The predicted molar refractivity (Wildman–Crippen MR) is 59.1 cm³/mol. The zero-order valence-corrected chi connectivity index (χ0v) is 9.19. The van der Waals surface area contributed by atoms with E-state index in [-0.39, 0.29) is 34.7 Å². The maximum absolute atomic E-state index is 9.93. The van der Waals surface area contributed by atoms with Crippen molar-refractivity contribution in [1.29, 1.82) is 0 Å². The fourth-order valence-corrected chi connectivity index (χ4v) is 1.83. The number of nitrogens with two attached hydrogens (primary N) is 1. The smallest absolute Gasteiger partial charge is 0.231 e. The Bertz CT molecular complexity index is 596. The number of aromatic hydroxyl groups is 1. The fraction of sp³-hybridized carbons (Fsp3) is 0.100. The number of fused-ring (bicyclic) bond motifs is 1. The first kappa shape index (κ1) is 10.1. The second-order valence-electron chi connectivity index (χ2n) is 3.43.